The molecule has 2 amide bonds. The number of hydrogen-bond donors (Lipinski definition) is 0. The lowest BCUT2D eigenvalue weighted by atomic mass is 10.0. The van der Waals surface area contributed by atoms with Crippen LogP contribution in [-0.2, 0) is 11.8 Å². The van der Waals surface area contributed by atoms with Crippen LogP contribution in [0.4, 0.5) is 0 Å². The molecule has 0 bridgehead atoms. The van der Waals surface area contributed by atoms with Crippen molar-refractivity contribution in [2.45, 2.75) is 38.1 Å². The minimum absolute atomic E-state index is 0.0497. The number of amides is 2. The van der Waals surface area contributed by atoms with Crippen LogP contribution in [0.5, 0.6) is 5.88 Å². The molecule has 7 heteroatoms. The highest BCUT2D eigenvalue weighted by Crippen LogP contribution is 2.25. The molecular weight excluding hydrogens is 296 g/mol. The van der Waals surface area contributed by atoms with E-state index in [1.807, 2.05) is 9.80 Å². The molecular formula is C16H24N4O3. The molecule has 1 unspecified atom stereocenters. The monoisotopic (exact) mass is 320 g/mol. The molecule has 0 spiro atoms. The van der Waals surface area contributed by atoms with Gasteiger partial charge in [-0.05, 0) is 25.7 Å². The third-order valence-electron chi connectivity index (χ3n) is 4.71. The van der Waals surface area contributed by atoms with Crippen LogP contribution in [0, 0.1) is 0 Å². The number of piperidine rings is 1. The molecule has 0 aliphatic carbocycles. The Balaban J connectivity index is 1.77. The Morgan fingerprint density at radius 1 is 1.35 bits per heavy atom. The van der Waals surface area contributed by atoms with Crippen molar-refractivity contribution >= 4 is 11.8 Å². The fraction of sp³-hybridized carbons (Fsp3) is 0.688. The number of hydrogen-bond acceptors (Lipinski definition) is 4. The Bertz CT molecular complexity index is 598. The number of rotatable bonds is 4. The summed E-state index contributed by atoms with van der Waals surface area (Å²) < 4.78 is 6.81. The first-order valence-corrected chi connectivity index (χ1v) is 8.26. The van der Waals surface area contributed by atoms with Crippen LogP contribution in [0.3, 0.4) is 0 Å². The lowest BCUT2D eigenvalue weighted by Crippen LogP contribution is -2.49. The van der Waals surface area contributed by atoms with Crippen molar-refractivity contribution in [1.29, 1.82) is 0 Å². The van der Waals surface area contributed by atoms with Crippen LogP contribution >= 0.6 is 0 Å². The smallest absolute Gasteiger partial charge is 0.261 e. The van der Waals surface area contributed by atoms with Gasteiger partial charge in [-0.3, -0.25) is 14.3 Å². The third-order valence-corrected chi connectivity index (χ3v) is 4.71. The highest BCUT2D eigenvalue weighted by atomic mass is 16.5. The van der Waals surface area contributed by atoms with Crippen molar-refractivity contribution in [3.8, 4) is 5.88 Å². The number of nitrogens with zero attached hydrogens (tertiary/aromatic N) is 4. The van der Waals surface area contributed by atoms with E-state index >= 15 is 0 Å². The van der Waals surface area contributed by atoms with E-state index in [2.05, 4.69) is 5.10 Å². The van der Waals surface area contributed by atoms with Crippen molar-refractivity contribution in [3.05, 3.63) is 11.8 Å². The first kappa shape index (κ1) is 15.8. The maximum Gasteiger partial charge on any atom is 0.261 e. The van der Waals surface area contributed by atoms with Crippen molar-refractivity contribution in [2.24, 2.45) is 7.05 Å². The Kier molecular flexibility index (Phi) is 4.54. The summed E-state index contributed by atoms with van der Waals surface area (Å²) >= 11 is 0. The minimum atomic E-state index is -0.0497. The van der Waals surface area contributed by atoms with Gasteiger partial charge in [-0.2, -0.15) is 0 Å². The number of ether oxygens (including phenoxy) is 1. The van der Waals surface area contributed by atoms with Crippen LogP contribution in [0.15, 0.2) is 6.20 Å². The maximum atomic E-state index is 12.9. The number of aryl methyl sites for hydroxylation is 1. The van der Waals surface area contributed by atoms with E-state index in [0.29, 0.717) is 24.4 Å². The van der Waals surface area contributed by atoms with Crippen LogP contribution in [-0.4, -0.2) is 64.2 Å². The molecule has 2 aliphatic heterocycles. The quantitative estimate of drug-likeness (QED) is 0.831. The minimum Gasteiger partial charge on any atom is -0.479 e. The topological polar surface area (TPSA) is 67.7 Å². The van der Waals surface area contributed by atoms with E-state index in [0.717, 1.165) is 38.8 Å². The zero-order chi connectivity index (χ0) is 16.4. The summed E-state index contributed by atoms with van der Waals surface area (Å²) in [5.41, 5.74) is 0.495. The zero-order valence-electron chi connectivity index (χ0n) is 13.8. The van der Waals surface area contributed by atoms with Crippen molar-refractivity contribution in [1.82, 2.24) is 19.6 Å². The van der Waals surface area contributed by atoms with E-state index in [4.69, 9.17) is 4.74 Å². The molecule has 1 atom stereocenters. The molecule has 126 valence electrons. The predicted molar refractivity (Wildman–Crippen MR) is 84.2 cm³/mol. The highest BCUT2D eigenvalue weighted by molar-refractivity contribution is 5.96. The first-order chi connectivity index (χ1) is 11.1. The van der Waals surface area contributed by atoms with Gasteiger partial charge in [-0.25, -0.2) is 0 Å². The number of methoxy groups -OCH3 is 1. The second kappa shape index (κ2) is 6.60. The number of aromatic nitrogens is 2. The molecule has 1 aromatic heterocycles. The van der Waals surface area contributed by atoms with Gasteiger partial charge in [0.2, 0.25) is 11.8 Å². The summed E-state index contributed by atoms with van der Waals surface area (Å²) in [5, 5.41) is 4.17. The molecule has 0 aromatic carbocycles. The van der Waals surface area contributed by atoms with Gasteiger partial charge in [0, 0.05) is 45.3 Å². The molecule has 0 N–H and O–H groups in total. The molecule has 0 saturated carbocycles. The van der Waals surface area contributed by atoms with Crippen LogP contribution < -0.4 is 4.74 Å². The van der Waals surface area contributed by atoms with Gasteiger partial charge in [0.15, 0.2) is 0 Å². The van der Waals surface area contributed by atoms with E-state index < -0.39 is 0 Å². The van der Waals surface area contributed by atoms with Gasteiger partial charge in [-0.15, -0.1) is 5.10 Å². The molecule has 7 nitrogen and oxygen atoms in total. The predicted octanol–water partition coefficient (Wildman–Crippen LogP) is 1.05. The molecule has 0 radical (unpaired) electrons. The van der Waals surface area contributed by atoms with E-state index in [1.165, 1.54) is 7.11 Å². The summed E-state index contributed by atoms with van der Waals surface area (Å²) in [6.07, 6.45) is 6.30. The van der Waals surface area contributed by atoms with Gasteiger partial charge in [0.25, 0.3) is 5.91 Å². The fourth-order valence-electron chi connectivity index (χ4n) is 3.53. The van der Waals surface area contributed by atoms with Crippen molar-refractivity contribution in [2.75, 3.05) is 26.7 Å². The Morgan fingerprint density at radius 2 is 2.17 bits per heavy atom. The standard InChI is InChI=1S/C16H24N4O3/c1-18-11-13(15(17-18)23-2)16(22)20-9-4-3-6-12(20)10-19-8-5-7-14(19)21/h11-12H,3-10H2,1-2H3. The van der Waals surface area contributed by atoms with E-state index in [9.17, 15) is 9.59 Å². The van der Waals surface area contributed by atoms with Gasteiger partial charge in [-0.1, -0.05) is 0 Å². The molecule has 23 heavy (non-hydrogen) atoms. The summed E-state index contributed by atoms with van der Waals surface area (Å²) in [6, 6.07) is 0.0863. The second-order valence-corrected chi connectivity index (χ2v) is 6.32. The lowest BCUT2D eigenvalue weighted by molar-refractivity contribution is -0.128. The molecule has 3 rings (SSSR count). The molecule has 2 fully saturated rings. The van der Waals surface area contributed by atoms with Gasteiger partial charge >= 0.3 is 0 Å². The maximum absolute atomic E-state index is 12.9. The largest absolute Gasteiger partial charge is 0.479 e. The van der Waals surface area contributed by atoms with Crippen LogP contribution in [0.25, 0.3) is 0 Å². The third kappa shape index (κ3) is 3.18. The van der Waals surface area contributed by atoms with Crippen molar-refractivity contribution < 1.29 is 14.3 Å². The van der Waals surface area contributed by atoms with Gasteiger partial charge in [0.05, 0.1) is 7.11 Å². The molecule has 1 aromatic rings. The zero-order valence-corrected chi connectivity index (χ0v) is 13.8. The summed E-state index contributed by atoms with van der Waals surface area (Å²) in [4.78, 5) is 28.6. The highest BCUT2D eigenvalue weighted by Gasteiger charge is 2.33. The average Bonchev–Trinajstić information content (AvgIpc) is 3.13. The SMILES string of the molecule is COc1nn(C)cc1C(=O)N1CCCCC1CN1CCCC1=O. The number of carbonyl (C=O) groups excluding carboxylic acids is 2. The van der Waals surface area contributed by atoms with E-state index in [-0.39, 0.29) is 17.9 Å². The Morgan fingerprint density at radius 3 is 2.87 bits per heavy atom. The normalized spacial score (nSPS) is 21.8. The summed E-state index contributed by atoms with van der Waals surface area (Å²) in [5.74, 6) is 0.521. The summed E-state index contributed by atoms with van der Waals surface area (Å²) in [7, 11) is 3.30. The Hall–Kier alpha value is -2.05. The van der Waals surface area contributed by atoms with Crippen LogP contribution in [0.1, 0.15) is 42.5 Å². The van der Waals surface area contributed by atoms with Crippen LogP contribution in [0.2, 0.25) is 0 Å². The van der Waals surface area contributed by atoms with Gasteiger partial charge in [0.1, 0.15) is 5.56 Å². The second-order valence-electron chi connectivity index (χ2n) is 6.32. The molecule has 2 aliphatic rings. The first-order valence-electron chi connectivity index (χ1n) is 8.26. The fourth-order valence-corrected chi connectivity index (χ4v) is 3.53. The average molecular weight is 320 g/mol. The molecule has 3 heterocycles. The lowest BCUT2D eigenvalue weighted by Gasteiger charge is -2.37. The van der Waals surface area contributed by atoms with Crippen molar-refractivity contribution in [3.63, 3.8) is 0 Å². The summed E-state index contributed by atoms with van der Waals surface area (Å²) in [6.45, 7) is 2.18. The van der Waals surface area contributed by atoms with Gasteiger partial charge < -0.3 is 14.5 Å². The number of likely N-dealkylation sites (tertiary alicyclic amines) is 2. The Labute approximate surface area is 136 Å². The molecule has 2 saturated heterocycles. The number of carbonyl (C=O) groups is 2. The van der Waals surface area contributed by atoms with E-state index in [1.54, 1.807) is 17.9 Å².